The lowest BCUT2D eigenvalue weighted by Crippen LogP contribution is -2.30. The number of hydrogen-bond acceptors (Lipinski definition) is 4. The van der Waals surface area contributed by atoms with Crippen LogP contribution < -0.4 is 15.4 Å². The number of benzene rings is 1. The lowest BCUT2D eigenvalue weighted by atomic mass is 10.1. The van der Waals surface area contributed by atoms with Gasteiger partial charge < -0.3 is 15.4 Å². The standard InChI is InChI=1S/C18H21N3O2/c1-12-16(18(22)20-11-13-5-7-19-8-6-13)9-14-3-4-15(23-2)10-17(14)21-12/h3-5,9-10,19H,6-8,11H2,1-2H3,(H,20,22). The van der Waals surface area contributed by atoms with Crippen molar-refractivity contribution in [2.75, 3.05) is 26.7 Å². The molecular formula is C18H21N3O2. The molecule has 5 heteroatoms. The Morgan fingerprint density at radius 1 is 1.39 bits per heavy atom. The molecule has 0 atom stereocenters. The number of amides is 1. The summed E-state index contributed by atoms with van der Waals surface area (Å²) in [5, 5.41) is 7.19. The van der Waals surface area contributed by atoms with Gasteiger partial charge in [-0.3, -0.25) is 9.78 Å². The Kier molecular flexibility index (Phi) is 4.57. The minimum atomic E-state index is -0.0767. The molecule has 2 aromatic rings. The molecule has 1 aliphatic heterocycles. The third kappa shape index (κ3) is 3.51. The van der Waals surface area contributed by atoms with Gasteiger partial charge in [0.15, 0.2) is 0 Å². The molecule has 5 nitrogen and oxygen atoms in total. The third-order valence-electron chi connectivity index (χ3n) is 4.09. The second kappa shape index (κ2) is 6.79. The van der Waals surface area contributed by atoms with Crippen molar-refractivity contribution in [3.8, 4) is 5.75 Å². The SMILES string of the molecule is COc1ccc2cc(C(=O)NCC3=CCNCC3)c(C)nc2c1. The van der Waals surface area contributed by atoms with Crippen LogP contribution in [0.3, 0.4) is 0 Å². The lowest BCUT2D eigenvalue weighted by molar-refractivity contribution is 0.0956. The molecule has 0 bridgehead atoms. The molecule has 0 radical (unpaired) electrons. The molecule has 2 N–H and O–H groups in total. The minimum Gasteiger partial charge on any atom is -0.497 e. The molecule has 0 fully saturated rings. The van der Waals surface area contributed by atoms with Crippen molar-refractivity contribution in [1.29, 1.82) is 0 Å². The Morgan fingerprint density at radius 2 is 2.26 bits per heavy atom. The smallest absolute Gasteiger partial charge is 0.253 e. The van der Waals surface area contributed by atoms with Gasteiger partial charge in [0.1, 0.15) is 5.75 Å². The number of aromatic nitrogens is 1. The number of aryl methyl sites for hydroxylation is 1. The van der Waals surface area contributed by atoms with E-state index >= 15 is 0 Å². The van der Waals surface area contributed by atoms with Gasteiger partial charge in [0.05, 0.1) is 23.9 Å². The van der Waals surface area contributed by atoms with Gasteiger partial charge in [-0.1, -0.05) is 11.6 Å². The molecule has 120 valence electrons. The van der Waals surface area contributed by atoms with Crippen LogP contribution >= 0.6 is 0 Å². The van der Waals surface area contributed by atoms with Gasteiger partial charge in [-0.25, -0.2) is 0 Å². The summed E-state index contributed by atoms with van der Waals surface area (Å²) in [5.74, 6) is 0.687. The predicted octanol–water partition coefficient (Wildman–Crippen LogP) is 2.20. The fraction of sp³-hybridized carbons (Fsp3) is 0.333. The molecule has 3 rings (SSSR count). The van der Waals surface area contributed by atoms with Crippen LogP contribution in [0.1, 0.15) is 22.5 Å². The van der Waals surface area contributed by atoms with Gasteiger partial charge in [0.2, 0.25) is 0 Å². The zero-order valence-corrected chi connectivity index (χ0v) is 13.5. The van der Waals surface area contributed by atoms with Crippen LogP contribution in [0.5, 0.6) is 5.75 Å². The van der Waals surface area contributed by atoms with E-state index in [1.165, 1.54) is 5.57 Å². The van der Waals surface area contributed by atoms with Crippen molar-refractivity contribution in [1.82, 2.24) is 15.6 Å². The van der Waals surface area contributed by atoms with E-state index in [4.69, 9.17) is 4.74 Å². The first kappa shape index (κ1) is 15.5. The van der Waals surface area contributed by atoms with E-state index in [-0.39, 0.29) is 5.91 Å². The molecule has 0 spiro atoms. The van der Waals surface area contributed by atoms with Gasteiger partial charge in [0, 0.05) is 24.5 Å². The van der Waals surface area contributed by atoms with E-state index < -0.39 is 0 Å². The normalized spacial score (nSPS) is 14.4. The molecule has 1 amide bonds. The summed E-state index contributed by atoms with van der Waals surface area (Å²) in [6.45, 7) is 4.31. The average molecular weight is 311 g/mol. The van der Waals surface area contributed by atoms with E-state index in [1.807, 2.05) is 31.2 Å². The number of pyridine rings is 1. The lowest BCUT2D eigenvalue weighted by Gasteiger charge is -2.15. The highest BCUT2D eigenvalue weighted by molar-refractivity contribution is 5.98. The Balaban J connectivity index is 1.79. The van der Waals surface area contributed by atoms with Crippen molar-refractivity contribution < 1.29 is 9.53 Å². The maximum atomic E-state index is 12.5. The van der Waals surface area contributed by atoms with E-state index in [0.717, 1.165) is 41.9 Å². The Labute approximate surface area is 135 Å². The van der Waals surface area contributed by atoms with Crippen molar-refractivity contribution in [2.45, 2.75) is 13.3 Å². The molecule has 1 aliphatic rings. The number of nitrogens with zero attached hydrogens (tertiary/aromatic N) is 1. The molecule has 23 heavy (non-hydrogen) atoms. The maximum Gasteiger partial charge on any atom is 0.253 e. The highest BCUT2D eigenvalue weighted by Gasteiger charge is 2.13. The van der Waals surface area contributed by atoms with Gasteiger partial charge in [-0.2, -0.15) is 0 Å². The summed E-state index contributed by atoms with van der Waals surface area (Å²) >= 11 is 0. The van der Waals surface area contributed by atoms with Crippen LogP contribution in [-0.4, -0.2) is 37.6 Å². The van der Waals surface area contributed by atoms with Gasteiger partial charge in [-0.15, -0.1) is 0 Å². The van der Waals surface area contributed by atoms with Crippen LogP contribution in [0.4, 0.5) is 0 Å². The molecule has 1 aromatic carbocycles. The fourth-order valence-corrected chi connectivity index (χ4v) is 2.72. The zero-order valence-electron chi connectivity index (χ0n) is 13.5. The highest BCUT2D eigenvalue weighted by atomic mass is 16.5. The first-order valence-corrected chi connectivity index (χ1v) is 7.79. The molecule has 0 unspecified atom stereocenters. The number of rotatable bonds is 4. The van der Waals surface area contributed by atoms with Crippen molar-refractivity contribution >= 4 is 16.8 Å². The van der Waals surface area contributed by atoms with Crippen molar-refractivity contribution in [3.63, 3.8) is 0 Å². The van der Waals surface area contributed by atoms with Crippen molar-refractivity contribution in [2.24, 2.45) is 0 Å². The second-order valence-electron chi connectivity index (χ2n) is 5.68. The van der Waals surface area contributed by atoms with E-state index in [2.05, 4.69) is 21.7 Å². The summed E-state index contributed by atoms with van der Waals surface area (Å²) in [6.07, 6.45) is 3.12. The van der Waals surface area contributed by atoms with E-state index in [0.29, 0.717) is 12.1 Å². The van der Waals surface area contributed by atoms with Crippen LogP contribution in [0.2, 0.25) is 0 Å². The number of methoxy groups -OCH3 is 1. The molecule has 1 aromatic heterocycles. The monoisotopic (exact) mass is 311 g/mol. The van der Waals surface area contributed by atoms with E-state index in [9.17, 15) is 4.79 Å². The number of hydrogen-bond donors (Lipinski definition) is 2. The number of nitrogens with one attached hydrogen (secondary N) is 2. The Morgan fingerprint density at radius 3 is 3.00 bits per heavy atom. The van der Waals surface area contributed by atoms with Gasteiger partial charge >= 0.3 is 0 Å². The molecule has 0 aliphatic carbocycles. The number of carbonyl (C=O) groups excluding carboxylic acids is 1. The third-order valence-corrected chi connectivity index (χ3v) is 4.09. The fourth-order valence-electron chi connectivity index (χ4n) is 2.72. The topological polar surface area (TPSA) is 63.2 Å². The van der Waals surface area contributed by atoms with Crippen LogP contribution in [0.15, 0.2) is 35.9 Å². The minimum absolute atomic E-state index is 0.0767. The predicted molar refractivity (Wildman–Crippen MR) is 90.9 cm³/mol. The largest absolute Gasteiger partial charge is 0.497 e. The molecule has 0 saturated heterocycles. The Hall–Kier alpha value is -2.40. The zero-order chi connectivity index (χ0) is 16.2. The first-order valence-electron chi connectivity index (χ1n) is 7.79. The number of ether oxygens (including phenoxy) is 1. The summed E-state index contributed by atoms with van der Waals surface area (Å²) in [6, 6.07) is 7.57. The summed E-state index contributed by atoms with van der Waals surface area (Å²) in [7, 11) is 1.63. The van der Waals surface area contributed by atoms with Crippen LogP contribution in [-0.2, 0) is 0 Å². The Bertz CT molecular complexity index is 768. The van der Waals surface area contributed by atoms with Crippen LogP contribution in [0, 0.1) is 6.92 Å². The summed E-state index contributed by atoms with van der Waals surface area (Å²) in [5.41, 5.74) is 3.45. The number of carbonyl (C=O) groups is 1. The first-order chi connectivity index (χ1) is 11.2. The second-order valence-corrected chi connectivity index (χ2v) is 5.68. The number of fused-ring (bicyclic) bond motifs is 1. The maximum absolute atomic E-state index is 12.5. The molecular weight excluding hydrogens is 290 g/mol. The molecule has 0 saturated carbocycles. The van der Waals surface area contributed by atoms with E-state index in [1.54, 1.807) is 7.11 Å². The van der Waals surface area contributed by atoms with Gasteiger partial charge in [0.25, 0.3) is 5.91 Å². The molecule has 2 heterocycles. The summed E-state index contributed by atoms with van der Waals surface area (Å²) in [4.78, 5) is 17.0. The van der Waals surface area contributed by atoms with Crippen molar-refractivity contribution in [3.05, 3.63) is 47.2 Å². The quantitative estimate of drug-likeness (QED) is 0.850. The summed E-state index contributed by atoms with van der Waals surface area (Å²) < 4.78 is 5.21. The average Bonchev–Trinajstić information content (AvgIpc) is 2.59. The highest BCUT2D eigenvalue weighted by Crippen LogP contribution is 2.21. The van der Waals surface area contributed by atoms with Crippen LogP contribution in [0.25, 0.3) is 10.9 Å². The van der Waals surface area contributed by atoms with Gasteiger partial charge in [-0.05, 0) is 38.1 Å².